The Kier molecular flexibility index (Phi) is 6.02. The SMILES string of the molecule is N#Cc1cccc(CON=C2CCN(S(=O)(=O)c3cc(F)cc(F)c3)CC2)c1. The standard InChI is InChI=1S/C19H17F2N3O3S/c20-16-9-17(21)11-19(10-16)28(25,26)24-6-4-18(5-7-24)23-27-13-15-3-1-2-14(8-15)12-22/h1-3,8-11H,4-7,13H2. The van der Waals surface area contributed by atoms with Crippen molar-refractivity contribution >= 4 is 15.7 Å². The third-order valence-corrected chi connectivity index (χ3v) is 6.13. The lowest BCUT2D eigenvalue weighted by Gasteiger charge is -2.26. The Balaban J connectivity index is 1.59. The minimum Gasteiger partial charge on any atom is -0.391 e. The number of benzene rings is 2. The molecule has 0 N–H and O–H groups in total. The number of halogens is 2. The van der Waals surface area contributed by atoms with E-state index in [1.54, 1.807) is 18.2 Å². The minimum atomic E-state index is -3.97. The maximum atomic E-state index is 13.3. The largest absolute Gasteiger partial charge is 0.391 e. The normalized spacial score (nSPS) is 15.1. The van der Waals surface area contributed by atoms with E-state index in [2.05, 4.69) is 5.16 Å². The van der Waals surface area contributed by atoms with Crippen molar-refractivity contribution < 1.29 is 22.0 Å². The van der Waals surface area contributed by atoms with Crippen LogP contribution >= 0.6 is 0 Å². The molecule has 0 unspecified atom stereocenters. The molecule has 2 aromatic rings. The smallest absolute Gasteiger partial charge is 0.243 e. The van der Waals surface area contributed by atoms with E-state index in [-0.39, 0.29) is 19.7 Å². The molecule has 1 aliphatic heterocycles. The number of rotatable bonds is 5. The van der Waals surface area contributed by atoms with E-state index in [1.807, 2.05) is 12.1 Å². The summed E-state index contributed by atoms with van der Waals surface area (Å²) in [7, 11) is -3.97. The third-order valence-electron chi connectivity index (χ3n) is 4.25. The van der Waals surface area contributed by atoms with Crippen LogP contribution in [-0.2, 0) is 21.5 Å². The van der Waals surface area contributed by atoms with Crippen LogP contribution in [0.2, 0.25) is 0 Å². The lowest BCUT2D eigenvalue weighted by molar-refractivity contribution is 0.128. The predicted molar refractivity (Wildman–Crippen MR) is 97.7 cm³/mol. The third kappa shape index (κ3) is 4.71. The summed E-state index contributed by atoms with van der Waals surface area (Å²) in [5.74, 6) is -1.88. The summed E-state index contributed by atoms with van der Waals surface area (Å²) in [6.45, 7) is 0.489. The first-order valence-electron chi connectivity index (χ1n) is 8.51. The van der Waals surface area contributed by atoms with E-state index in [1.165, 1.54) is 4.31 Å². The van der Waals surface area contributed by atoms with Crippen LogP contribution in [0.5, 0.6) is 0 Å². The van der Waals surface area contributed by atoms with Crippen LogP contribution in [0.25, 0.3) is 0 Å². The molecule has 1 fully saturated rings. The van der Waals surface area contributed by atoms with Gasteiger partial charge in [0.25, 0.3) is 0 Å². The number of sulfonamides is 1. The van der Waals surface area contributed by atoms with Gasteiger partial charge in [-0.25, -0.2) is 17.2 Å². The van der Waals surface area contributed by atoms with E-state index >= 15 is 0 Å². The van der Waals surface area contributed by atoms with Crippen LogP contribution in [0, 0.1) is 23.0 Å². The number of nitrogens with zero attached hydrogens (tertiary/aromatic N) is 3. The van der Waals surface area contributed by atoms with Gasteiger partial charge in [-0.1, -0.05) is 17.3 Å². The molecule has 0 bridgehead atoms. The van der Waals surface area contributed by atoms with Gasteiger partial charge in [0, 0.05) is 32.0 Å². The van der Waals surface area contributed by atoms with Gasteiger partial charge in [0.15, 0.2) is 0 Å². The fraction of sp³-hybridized carbons (Fsp3) is 0.263. The molecule has 28 heavy (non-hydrogen) atoms. The average Bonchev–Trinajstić information content (AvgIpc) is 2.68. The van der Waals surface area contributed by atoms with Crippen molar-refractivity contribution in [2.24, 2.45) is 5.16 Å². The molecule has 0 atom stereocenters. The van der Waals surface area contributed by atoms with Gasteiger partial charge in [-0.3, -0.25) is 0 Å². The van der Waals surface area contributed by atoms with Crippen LogP contribution in [0.4, 0.5) is 8.78 Å². The quantitative estimate of drug-likeness (QED) is 0.716. The Bertz CT molecular complexity index is 1020. The maximum Gasteiger partial charge on any atom is 0.243 e. The van der Waals surface area contributed by atoms with E-state index in [4.69, 9.17) is 10.1 Å². The molecule has 1 aliphatic rings. The molecule has 1 saturated heterocycles. The maximum absolute atomic E-state index is 13.3. The fourth-order valence-corrected chi connectivity index (χ4v) is 4.32. The van der Waals surface area contributed by atoms with Crippen molar-refractivity contribution in [3.05, 3.63) is 65.2 Å². The van der Waals surface area contributed by atoms with Gasteiger partial charge >= 0.3 is 0 Å². The number of hydrogen-bond donors (Lipinski definition) is 0. The molecule has 0 spiro atoms. The van der Waals surface area contributed by atoms with Crippen LogP contribution in [0.1, 0.15) is 24.0 Å². The Hall–Kier alpha value is -2.83. The molecule has 0 aliphatic carbocycles. The van der Waals surface area contributed by atoms with Crippen molar-refractivity contribution in [1.29, 1.82) is 5.26 Å². The van der Waals surface area contributed by atoms with Crippen LogP contribution in [0.15, 0.2) is 52.5 Å². The number of oxime groups is 1. The van der Waals surface area contributed by atoms with Gasteiger partial charge in [0.05, 0.1) is 22.2 Å². The zero-order chi connectivity index (χ0) is 20.1. The van der Waals surface area contributed by atoms with Crippen molar-refractivity contribution in [2.45, 2.75) is 24.3 Å². The van der Waals surface area contributed by atoms with Crippen molar-refractivity contribution in [1.82, 2.24) is 4.31 Å². The highest BCUT2D eigenvalue weighted by atomic mass is 32.2. The van der Waals surface area contributed by atoms with Gasteiger partial charge in [-0.05, 0) is 29.8 Å². The molecule has 0 radical (unpaired) electrons. The monoisotopic (exact) mass is 405 g/mol. The second kappa shape index (κ2) is 8.46. The molecular weight excluding hydrogens is 388 g/mol. The molecule has 6 nitrogen and oxygen atoms in total. The van der Waals surface area contributed by atoms with E-state index in [9.17, 15) is 17.2 Å². The molecule has 0 aromatic heterocycles. The molecule has 0 amide bonds. The summed E-state index contributed by atoms with van der Waals surface area (Å²) in [6, 6.07) is 11.2. The fourth-order valence-electron chi connectivity index (χ4n) is 2.83. The van der Waals surface area contributed by atoms with Gasteiger partial charge in [0.1, 0.15) is 18.2 Å². The molecule has 9 heteroatoms. The molecular formula is C19H17F2N3O3S. The first-order chi connectivity index (χ1) is 13.4. The predicted octanol–water partition coefficient (Wildman–Crippen LogP) is 3.19. The summed E-state index contributed by atoms with van der Waals surface area (Å²) in [5.41, 5.74) is 2.03. The van der Waals surface area contributed by atoms with E-state index < -0.39 is 26.6 Å². The Morgan fingerprint density at radius 3 is 2.43 bits per heavy atom. The first-order valence-corrected chi connectivity index (χ1v) is 9.95. The van der Waals surface area contributed by atoms with Crippen molar-refractivity contribution in [3.63, 3.8) is 0 Å². The average molecular weight is 405 g/mol. The topological polar surface area (TPSA) is 82.8 Å². The summed E-state index contributed by atoms with van der Waals surface area (Å²) >= 11 is 0. The Labute approximate surface area is 161 Å². The summed E-state index contributed by atoms with van der Waals surface area (Å²) in [6.07, 6.45) is 0.713. The van der Waals surface area contributed by atoms with Gasteiger partial charge in [-0.15, -0.1) is 0 Å². The zero-order valence-corrected chi connectivity index (χ0v) is 15.6. The second-order valence-electron chi connectivity index (χ2n) is 6.25. The first kappa shape index (κ1) is 19.9. The highest BCUT2D eigenvalue weighted by molar-refractivity contribution is 7.89. The molecule has 1 heterocycles. The highest BCUT2D eigenvalue weighted by Gasteiger charge is 2.29. The summed E-state index contributed by atoms with van der Waals surface area (Å²) in [5, 5.41) is 12.9. The minimum absolute atomic E-state index is 0.145. The summed E-state index contributed by atoms with van der Waals surface area (Å²) < 4.78 is 53.0. The van der Waals surface area contributed by atoms with E-state index in [0.717, 1.165) is 17.7 Å². The number of hydrogen-bond acceptors (Lipinski definition) is 5. The van der Waals surface area contributed by atoms with Gasteiger partial charge < -0.3 is 4.84 Å². The Morgan fingerprint density at radius 2 is 1.79 bits per heavy atom. The molecule has 3 rings (SSSR count). The molecule has 0 saturated carbocycles. The lowest BCUT2D eigenvalue weighted by atomic mass is 10.1. The van der Waals surface area contributed by atoms with Gasteiger partial charge in [-0.2, -0.15) is 9.57 Å². The number of nitriles is 1. The highest BCUT2D eigenvalue weighted by Crippen LogP contribution is 2.21. The van der Waals surface area contributed by atoms with Crippen LogP contribution < -0.4 is 0 Å². The lowest BCUT2D eigenvalue weighted by Crippen LogP contribution is -2.38. The van der Waals surface area contributed by atoms with Crippen LogP contribution in [0.3, 0.4) is 0 Å². The number of piperidine rings is 1. The van der Waals surface area contributed by atoms with Crippen molar-refractivity contribution in [2.75, 3.05) is 13.1 Å². The van der Waals surface area contributed by atoms with Gasteiger partial charge in [0.2, 0.25) is 10.0 Å². The molecule has 2 aromatic carbocycles. The Morgan fingerprint density at radius 1 is 1.11 bits per heavy atom. The zero-order valence-electron chi connectivity index (χ0n) is 14.8. The van der Waals surface area contributed by atoms with E-state index in [0.29, 0.717) is 30.2 Å². The molecule has 146 valence electrons. The van der Waals surface area contributed by atoms with Crippen LogP contribution in [-0.4, -0.2) is 31.5 Å². The second-order valence-corrected chi connectivity index (χ2v) is 8.19. The summed E-state index contributed by atoms with van der Waals surface area (Å²) in [4.78, 5) is 4.90. The van der Waals surface area contributed by atoms with Crippen molar-refractivity contribution in [3.8, 4) is 6.07 Å².